The Bertz CT molecular complexity index is 2030. The molecular formula is C54H76O10Si2. The molecule has 12 heteroatoms. The lowest BCUT2D eigenvalue weighted by molar-refractivity contribution is -0.164. The molecule has 0 saturated carbocycles. The number of Topliss-reactive ketones (excluding diaryl/α,β-unsaturated/α-hetero) is 1. The predicted octanol–water partition coefficient (Wildman–Crippen LogP) is 7.72. The van der Waals surface area contributed by atoms with Crippen LogP contribution >= 0.6 is 0 Å². The van der Waals surface area contributed by atoms with Gasteiger partial charge >= 0.3 is 0 Å². The molecule has 2 aliphatic rings. The van der Waals surface area contributed by atoms with E-state index >= 15 is 0 Å². The van der Waals surface area contributed by atoms with Crippen LogP contribution in [-0.4, -0.2) is 109 Å². The fraction of sp³-hybridized carbons (Fsp3) is 0.500. The number of rotatable bonds is 18. The van der Waals surface area contributed by atoms with Crippen LogP contribution in [0.3, 0.4) is 0 Å². The van der Waals surface area contributed by atoms with Gasteiger partial charge in [-0.3, -0.25) is 4.79 Å². The van der Waals surface area contributed by atoms with Crippen molar-refractivity contribution in [2.24, 2.45) is 0 Å². The predicted molar refractivity (Wildman–Crippen MR) is 268 cm³/mol. The van der Waals surface area contributed by atoms with Crippen LogP contribution in [0.1, 0.15) is 82.6 Å². The molecule has 0 aliphatic carbocycles. The number of hydrogen-bond donors (Lipinski definition) is 1. The van der Waals surface area contributed by atoms with Crippen molar-refractivity contribution < 1.29 is 47.2 Å². The first-order valence-electron chi connectivity index (χ1n) is 23.2. The van der Waals surface area contributed by atoms with Gasteiger partial charge in [-0.2, -0.15) is 0 Å². The first kappa shape index (κ1) is 53.3. The molecule has 4 aromatic rings. The Morgan fingerprint density at radius 2 is 0.955 bits per heavy atom. The lowest BCUT2D eigenvalue weighted by atomic mass is 10.0. The first-order chi connectivity index (χ1) is 31.1. The lowest BCUT2D eigenvalue weighted by Gasteiger charge is -2.43. The third-order valence-corrected chi connectivity index (χ3v) is 22.6. The average molecular weight is 941 g/mol. The second kappa shape index (κ2) is 22.2. The molecule has 0 spiro atoms. The number of carbonyl (C=O) groups excluding carboxylic acids is 1. The van der Waals surface area contributed by atoms with Crippen molar-refractivity contribution >= 4 is 43.2 Å². The number of carbonyl (C=O) groups is 1. The normalized spacial score (nSPS) is 22.2. The summed E-state index contributed by atoms with van der Waals surface area (Å²) in [5.41, 5.74) is 0. The fourth-order valence-electron chi connectivity index (χ4n) is 9.71. The molecule has 2 fully saturated rings. The van der Waals surface area contributed by atoms with E-state index in [1.165, 1.54) is 26.8 Å². The molecular weight excluding hydrogens is 865 g/mol. The number of hydrogen-bond acceptors (Lipinski definition) is 10. The molecule has 6 rings (SSSR count). The number of ketones is 1. The van der Waals surface area contributed by atoms with Crippen LogP contribution in [0.15, 0.2) is 134 Å². The van der Waals surface area contributed by atoms with Gasteiger partial charge in [0.15, 0.2) is 17.4 Å². The molecule has 4 aromatic carbocycles. The van der Waals surface area contributed by atoms with Crippen LogP contribution in [0.4, 0.5) is 0 Å². The van der Waals surface area contributed by atoms with E-state index in [0.29, 0.717) is 19.6 Å². The zero-order chi connectivity index (χ0) is 48.6. The summed E-state index contributed by atoms with van der Waals surface area (Å²) in [6.07, 6.45) is -2.23. The van der Waals surface area contributed by atoms with Crippen molar-refractivity contribution in [2.75, 3.05) is 27.4 Å². The van der Waals surface area contributed by atoms with Gasteiger partial charge in [0.05, 0.1) is 13.2 Å². The molecule has 10 nitrogen and oxygen atoms in total. The summed E-state index contributed by atoms with van der Waals surface area (Å²) in [5, 5.41) is 15.0. The van der Waals surface area contributed by atoms with E-state index in [1.54, 1.807) is 14.2 Å². The third-order valence-electron chi connectivity index (χ3n) is 12.6. The van der Waals surface area contributed by atoms with Gasteiger partial charge in [-0.15, -0.1) is 6.58 Å². The van der Waals surface area contributed by atoms with Gasteiger partial charge in [-0.05, 0) is 58.5 Å². The minimum absolute atomic E-state index is 0.000696. The van der Waals surface area contributed by atoms with E-state index in [0.717, 1.165) is 0 Å². The van der Waals surface area contributed by atoms with Gasteiger partial charge < -0.3 is 42.4 Å². The van der Waals surface area contributed by atoms with Gasteiger partial charge in [0.25, 0.3) is 16.6 Å². The van der Waals surface area contributed by atoms with Crippen LogP contribution in [0.2, 0.25) is 10.1 Å². The number of aliphatic hydroxyl groups is 1. The molecule has 2 heterocycles. The van der Waals surface area contributed by atoms with Crippen LogP contribution in [0.25, 0.3) is 0 Å². The van der Waals surface area contributed by atoms with Crippen LogP contribution in [0.5, 0.6) is 0 Å². The van der Waals surface area contributed by atoms with Crippen LogP contribution in [-0.2, 0) is 42.1 Å². The Morgan fingerprint density at radius 3 is 1.24 bits per heavy atom. The topological polar surface area (TPSA) is 111 Å². The Morgan fingerprint density at radius 1 is 0.621 bits per heavy atom. The zero-order valence-corrected chi connectivity index (χ0v) is 43.6. The monoisotopic (exact) mass is 940 g/mol. The molecule has 7 atom stereocenters. The highest BCUT2D eigenvalue weighted by Crippen LogP contribution is 2.40. The van der Waals surface area contributed by atoms with Crippen molar-refractivity contribution in [1.82, 2.24) is 0 Å². The maximum Gasteiger partial charge on any atom is 0.261 e. The number of aliphatic hydroxyl groups excluding tert-OH is 1. The third kappa shape index (κ3) is 11.8. The maximum atomic E-state index is 12.6. The number of ether oxygens (including phenoxy) is 6. The van der Waals surface area contributed by atoms with Gasteiger partial charge in [-0.25, -0.2) is 0 Å². The average Bonchev–Trinajstić information content (AvgIpc) is 3.77. The zero-order valence-electron chi connectivity index (χ0n) is 41.6. The Kier molecular flexibility index (Phi) is 17.9. The van der Waals surface area contributed by atoms with E-state index in [4.69, 9.17) is 37.3 Å². The standard InChI is InChI=1S/2C27H38O5Si/c2*1-8-22(28)24(29-7)25-23(31-27(5,6)32-25)19-30-33(26(2,3)4,20-15-11-9-12-16-20)21-17-13-10-14-18-21/h9-18,23-25H,8,19H2,1-7H3;8-18,22-25,28H,1,19H2,2-7H3/t23-,24-,25-;22?,23-,24-,25-/m00/s1. The van der Waals surface area contributed by atoms with Gasteiger partial charge in [-0.1, -0.05) is 176 Å². The smallest absolute Gasteiger partial charge is 0.261 e. The van der Waals surface area contributed by atoms with Crippen LogP contribution in [0, 0.1) is 0 Å². The summed E-state index contributed by atoms with van der Waals surface area (Å²) < 4.78 is 50.2. The SMILES string of the molecule is C=CC(O)[C@H](OC)[C@H]1OC(C)(C)O[C@H]1CO[Si](c1ccccc1)(c1ccccc1)C(C)(C)C.CCC(=O)[C@H](OC)[C@H]1OC(C)(C)O[C@H]1CO[Si](c1ccccc1)(c1ccccc1)C(C)(C)C. The van der Waals surface area contributed by atoms with Gasteiger partial charge in [0, 0.05) is 20.6 Å². The molecule has 66 heavy (non-hydrogen) atoms. The molecule has 0 bridgehead atoms. The van der Waals surface area contributed by atoms with Crippen LogP contribution < -0.4 is 20.7 Å². The van der Waals surface area contributed by atoms with E-state index < -0.39 is 70.9 Å². The summed E-state index contributed by atoms with van der Waals surface area (Å²) in [6.45, 7) is 27.1. The fourth-order valence-corrected chi connectivity index (χ4v) is 18.8. The summed E-state index contributed by atoms with van der Waals surface area (Å²) >= 11 is 0. The second-order valence-electron chi connectivity index (χ2n) is 20.1. The first-order valence-corrected chi connectivity index (χ1v) is 27.0. The Hall–Kier alpha value is -3.64. The lowest BCUT2D eigenvalue weighted by Crippen LogP contribution is -2.67. The summed E-state index contributed by atoms with van der Waals surface area (Å²) in [5.74, 6) is -1.64. The van der Waals surface area contributed by atoms with Gasteiger partial charge in [0.2, 0.25) is 0 Å². The molecule has 2 saturated heterocycles. The molecule has 0 radical (unpaired) electrons. The molecule has 2 aliphatic heterocycles. The van der Waals surface area contributed by atoms with Gasteiger partial charge in [0.1, 0.15) is 42.7 Å². The molecule has 360 valence electrons. The van der Waals surface area contributed by atoms with Crippen molar-refractivity contribution in [3.8, 4) is 0 Å². The largest absolute Gasteiger partial charge is 0.405 e. The quantitative estimate of drug-likeness (QED) is 0.0787. The highest BCUT2D eigenvalue weighted by molar-refractivity contribution is 7.00. The van der Waals surface area contributed by atoms with Crippen molar-refractivity contribution in [2.45, 2.75) is 147 Å². The molecule has 1 unspecified atom stereocenters. The maximum absolute atomic E-state index is 12.6. The van der Waals surface area contributed by atoms with E-state index in [9.17, 15) is 9.90 Å². The molecule has 0 amide bonds. The summed E-state index contributed by atoms with van der Waals surface area (Å²) in [4.78, 5) is 12.6. The Labute approximate surface area is 397 Å². The number of benzene rings is 4. The minimum atomic E-state index is -2.73. The Balaban J connectivity index is 0.000000247. The number of methoxy groups -OCH3 is 2. The summed E-state index contributed by atoms with van der Waals surface area (Å²) in [6, 6.07) is 42.0. The van der Waals surface area contributed by atoms with Crippen molar-refractivity contribution in [3.05, 3.63) is 134 Å². The van der Waals surface area contributed by atoms with Crippen molar-refractivity contribution in [1.29, 1.82) is 0 Å². The summed E-state index contributed by atoms with van der Waals surface area (Å²) in [7, 11) is -2.36. The van der Waals surface area contributed by atoms with E-state index in [1.807, 2.05) is 58.9 Å². The minimum Gasteiger partial charge on any atom is -0.405 e. The highest BCUT2D eigenvalue weighted by Gasteiger charge is 2.55. The van der Waals surface area contributed by atoms with Crippen molar-refractivity contribution in [3.63, 3.8) is 0 Å². The molecule has 0 aromatic heterocycles. The second-order valence-corrected chi connectivity index (χ2v) is 28.7. The highest BCUT2D eigenvalue weighted by atomic mass is 28.4. The van der Waals surface area contributed by atoms with E-state index in [-0.39, 0.29) is 15.9 Å². The molecule has 1 N–H and O–H groups in total. The van der Waals surface area contributed by atoms with E-state index in [2.05, 4.69) is 145 Å².